The molecule has 3 aromatic carbocycles. The molecule has 0 radical (unpaired) electrons. The molecule has 0 aliphatic carbocycles. The number of carbonyl (C=O) groups is 1. The molecule has 9 nitrogen and oxygen atoms in total. The highest BCUT2D eigenvalue weighted by molar-refractivity contribution is 7.98. The van der Waals surface area contributed by atoms with Crippen molar-refractivity contribution < 1.29 is 14.1 Å². The molecular weight excluding hydrogens is 471 g/mol. The lowest BCUT2D eigenvalue weighted by molar-refractivity contribution is -0.384. The molecule has 0 spiro atoms. The number of amides is 2. The minimum atomic E-state index is -0.609. The molecule has 0 fully saturated rings. The number of para-hydroxylation sites is 1. The number of thioether (sulfide) groups is 1. The summed E-state index contributed by atoms with van der Waals surface area (Å²) in [6.45, 7) is 2.02. The third-order valence-electron chi connectivity index (χ3n) is 5.17. The Morgan fingerprint density at radius 1 is 1.06 bits per heavy atom. The van der Waals surface area contributed by atoms with Crippen molar-refractivity contribution in [1.82, 2.24) is 20.1 Å². The van der Waals surface area contributed by atoms with Crippen LogP contribution in [0.25, 0.3) is 5.69 Å². The number of hydrogen-bond donors (Lipinski definition) is 2. The number of non-ortho nitro benzene ring substituents is 1. The van der Waals surface area contributed by atoms with E-state index in [0.29, 0.717) is 22.4 Å². The first kappa shape index (κ1) is 23.9. The number of benzene rings is 3. The summed E-state index contributed by atoms with van der Waals surface area (Å²) < 4.78 is 15.6. The van der Waals surface area contributed by atoms with Crippen LogP contribution < -0.4 is 10.6 Å². The number of carbonyl (C=O) groups excluding carboxylic acids is 1. The molecule has 4 rings (SSSR count). The number of halogens is 1. The zero-order valence-electron chi connectivity index (χ0n) is 18.6. The average Bonchev–Trinajstić information content (AvgIpc) is 3.26. The maximum absolute atomic E-state index is 13.8. The predicted octanol–water partition coefficient (Wildman–Crippen LogP) is 5.24. The van der Waals surface area contributed by atoms with Gasteiger partial charge in [-0.2, -0.15) is 0 Å². The van der Waals surface area contributed by atoms with Crippen LogP contribution in [0.3, 0.4) is 0 Å². The Bertz CT molecular complexity index is 1360. The maximum atomic E-state index is 13.8. The number of urea groups is 1. The van der Waals surface area contributed by atoms with Gasteiger partial charge in [0, 0.05) is 23.6 Å². The number of aryl methyl sites for hydroxylation is 1. The first-order chi connectivity index (χ1) is 16.9. The Balaban J connectivity index is 1.56. The normalized spacial score (nSPS) is 10.7. The molecule has 0 aliphatic heterocycles. The summed E-state index contributed by atoms with van der Waals surface area (Å²) in [6, 6.07) is 19.2. The topological polar surface area (TPSA) is 115 Å². The molecule has 11 heteroatoms. The van der Waals surface area contributed by atoms with Crippen molar-refractivity contribution in [2.24, 2.45) is 0 Å². The van der Waals surface area contributed by atoms with E-state index < -0.39 is 16.8 Å². The number of nitro groups is 1. The van der Waals surface area contributed by atoms with Crippen molar-refractivity contribution >= 4 is 29.2 Å². The zero-order valence-corrected chi connectivity index (χ0v) is 19.5. The quantitative estimate of drug-likeness (QED) is 0.198. The van der Waals surface area contributed by atoms with Gasteiger partial charge in [-0.25, -0.2) is 9.18 Å². The molecular formula is C24H21FN6O3S. The average molecular weight is 493 g/mol. The van der Waals surface area contributed by atoms with E-state index in [1.165, 1.54) is 42.1 Å². The lowest BCUT2D eigenvalue weighted by Gasteiger charge is -2.12. The molecule has 0 saturated carbocycles. The monoisotopic (exact) mass is 492 g/mol. The van der Waals surface area contributed by atoms with Crippen LogP contribution in [0.15, 0.2) is 78.0 Å². The van der Waals surface area contributed by atoms with Gasteiger partial charge in [-0.1, -0.05) is 48.2 Å². The largest absolute Gasteiger partial charge is 0.331 e. The van der Waals surface area contributed by atoms with Crippen LogP contribution in [0.2, 0.25) is 0 Å². The molecule has 1 heterocycles. The van der Waals surface area contributed by atoms with E-state index in [2.05, 4.69) is 20.8 Å². The van der Waals surface area contributed by atoms with E-state index in [1.807, 2.05) is 31.2 Å². The Morgan fingerprint density at radius 2 is 1.77 bits per heavy atom. The molecule has 0 aliphatic rings. The minimum Gasteiger partial charge on any atom is -0.331 e. The smallest absolute Gasteiger partial charge is 0.319 e. The van der Waals surface area contributed by atoms with Crippen LogP contribution in [0.5, 0.6) is 0 Å². The first-order valence-electron chi connectivity index (χ1n) is 10.6. The fourth-order valence-corrected chi connectivity index (χ4v) is 4.34. The number of rotatable bonds is 8. The number of nitrogens with one attached hydrogen (secondary N) is 2. The summed E-state index contributed by atoms with van der Waals surface area (Å²) in [5.41, 5.74) is 2.91. The van der Waals surface area contributed by atoms with Crippen molar-refractivity contribution in [3.05, 3.63) is 106 Å². The van der Waals surface area contributed by atoms with Crippen molar-refractivity contribution in [2.75, 3.05) is 5.32 Å². The molecule has 0 saturated heterocycles. The van der Waals surface area contributed by atoms with Gasteiger partial charge in [0.05, 0.1) is 17.2 Å². The van der Waals surface area contributed by atoms with Gasteiger partial charge in [0.1, 0.15) is 5.82 Å². The first-order valence-corrected chi connectivity index (χ1v) is 11.6. The van der Waals surface area contributed by atoms with Crippen molar-refractivity contribution in [1.29, 1.82) is 0 Å². The third-order valence-corrected chi connectivity index (χ3v) is 6.14. The molecule has 2 amide bonds. The summed E-state index contributed by atoms with van der Waals surface area (Å²) in [6.07, 6.45) is 0. The molecule has 35 heavy (non-hydrogen) atoms. The Hall–Kier alpha value is -4.25. The highest BCUT2D eigenvalue weighted by atomic mass is 32.2. The summed E-state index contributed by atoms with van der Waals surface area (Å²) >= 11 is 1.46. The number of anilines is 1. The number of hydrogen-bond acceptors (Lipinski definition) is 6. The summed E-state index contributed by atoms with van der Waals surface area (Å²) in [7, 11) is 0. The van der Waals surface area contributed by atoms with E-state index in [9.17, 15) is 19.3 Å². The second-order valence-electron chi connectivity index (χ2n) is 7.51. The van der Waals surface area contributed by atoms with Crippen molar-refractivity contribution in [2.45, 2.75) is 24.4 Å². The van der Waals surface area contributed by atoms with Gasteiger partial charge in [-0.05, 0) is 42.3 Å². The molecule has 1 aromatic heterocycles. The van der Waals surface area contributed by atoms with Crippen LogP contribution in [0.4, 0.5) is 20.6 Å². The van der Waals surface area contributed by atoms with Gasteiger partial charge in [0.25, 0.3) is 5.69 Å². The van der Waals surface area contributed by atoms with Gasteiger partial charge < -0.3 is 10.6 Å². The van der Waals surface area contributed by atoms with E-state index in [0.717, 1.165) is 11.1 Å². The van der Waals surface area contributed by atoms with Gasteiger partial charge >= 0.3 is 6.03 Å². The van der Waals surface area contributed by atoms with E-state index >= 15 is 0 Å². The van der Waals surface area contributed by atoms with Crippen LogP contribution in [-0.2, 0) is 12.3 Å². The fourth-order valence-electron chi connectivity index (χ4n) is 3.29. The Kier molecular flexibility index (Phi) is 7.36. The lowest BCUT2D eigenvalue weighted by atomic mass is 10.1. The van der Waals surface area contributed by atoms with Crippen LogP contribution in [0.1, 0.15) is 17.0 Å². The van der Waals surface area contributed by atoms with E-state index in [-0.39, 0.29) is 17.9 Å². The number of nitrogens with zero attached hydrogens (tertiary/aromatic N) is 4. The summed E-state index contributed by atoms with van der Waals surface area (Å²) in [5.74, 6) is 0.500. The van der Waals surface area contributed by atoms with Gasteiger partial charge in [0.15, 0.2) is 11.0 Å². The van der Waals surface area contributed by atoms with E-state index in [1.54, 1.807) is 22.8 Å². The summed E-state index contributed by atoms with van der Waals surface area (Å²) in [4.78, 5) is 22.9. The van der Waals surface area contributed by atoms with Crippen LogP contribution >= 0.6 is 11.8 Å². The van der Waals surface area contributed by atoms with Crippen molar-refractivity contribution in [3.8, 4) is 5.69 Å². The second kappa shape index (κ2) is 10.8. The number of nitro benzene ring substituents is 1. The van der Waals surface area contributed by atoms with Crippen LogP contribution in [0, 0.1) is 22.9 Å². The Labute approximate surface area is 204 Å². The molecule has 0 unspecified atom stereocenters. The van der Waals surface area contributed by atoms with Gasteiger partial charge in [-0.15, -0.1) is 10.2 Å². The van der Waals surface area contributed by atoms with E-state index in [4.69, 9.17) is 0 Å². The Morgan fingerprint density at radius 3 is 2.49 bits per heavy atom. The minimum absolute atomic E-state index is 0.00476. The van der Waals surface area contributed by atoms with Gasteiger partial charge in [-0.3, -0.25) is 14.7 Å². The summed E-state index contributed by atoms with van der Waals surface area (Å²) in [5, 5.41) is 25.2. The van der Waals surface area contributed by atoms with Crippen LogP contribution in [-0.4, -0.2) is 25.7 Å². The SMILES string of the molecule is Cc1ccccc1CSc1nnc(CNC(=O)Nc2ccccc2F)n1-c1ccc([N+](=O)[O-])cc1. The standard InChI is InChI=1S/C24H21FN6O3S/c1-16-6-2-3-7-17(16)15-35-24-29-28-22(30(24)18-10-12-19(13-11-18)31(33)34)14-26-23(32)27-21-9-5-4-8-20(21)25/h2-13H,14-15H2,1H3,(H2,26,27,32). The number of aromatic nitrogens is 3. The van der Waals surface area contributed by atoms with Crippen molar-refractivity contribution in [3.63, 3.8) is 0 Å². The maximum Gasteiger partial charge on any atom is 0.319 e. The molecule has 0 bridgehead atoms. The highest BCUT2D eigenvalue weighted by Gasteiger charge is 2.17. The second-order valence-corrected chi connectivity index (χ2v) is 8.45. The van der Waals surface area contributed by atoms with Gasteiger partial charge in [0.2, 0.25) is 0 Å². The predicted molar refractivity (Wildman–Crippen MR) is 131 cm³/mol. The third kappa shape index (κ3) is 5.82. The molecule has 4 aromatic rings. The molecule has 178 valence electrons. The highest BCUT2D eigenvalue weighted by Crippen LogP contribution is 2.27. The lowest BCUT2D eigenvalue weighted by Crippen LogP contribution is -2.29. The fraction of sp³-hybridized carbons (Fsp3) is 0.125. The zero-order chi connectivity index (χ0) is 24.8. The molecule has 0 atom stereocenters. The molecule has 2 N–H and O–H groups in total.